The van der Waals surface area contributed by atoms with Crippen LogP contribution in [0.5, 0.6) is 0 Å². The van der Waals surface area contributed by atoms with E-state index in [1.54, 1.807) is 4.31 Å². The molecule has 192 valence electrons. The van der Waals surface area contributed by atoms with Crippen LogP contribution in [0.1, 0.15) is 23.2 Å². The number of halogens is 1. The van der Waals surface area contributed by atoms with Crippen molar-refractivity contribution in [3.05, 3.63) is 64.3 Å². The van der Waals surface area contributed by atoms with Crippen LogP contribution in [0, 0.1) is 6.92 Å². The highest BCUT2D eigenvalue weighted by Gasteiger charge is 2.30. The van der Waals surface area contributed by atoms with Gasteiger partial charge in [0.15, 0.2) is 0 Å². The lowest BCUT2D eigenvalue weighted by Crippen LogP contribution is -2.37. The Kier molecular flexibility index (Phi) is 7.51. The van der Waals surface area contributed by atoms with E-state index in [9.17, 15) is 8.42 Å². The highest BCUT2D eigenvalue weighted by atomic mass is 35.5. The molecule has 36 heavy (non-hydrogen) atoms. The lowest BCUT2D eigenvalue weighted by molar-refractivity contribution is 0.0368. The fourth-order valence-corrected chi connectivity index (χ4v) is 6.19. The molecule has 2 aliphatic rings. The van der Waals surface area contributed by atoms with Crippen molar-refractivity contribution in [3.63, 3.8) is 0 Å². The number of nitrogens with zero attached hydrogens (tertiary/aromatic N) is 4. The van der Waals surface area contributed by atoms with Crippen LogP contribution in [0.15, 0.2) is 42.5 Å². The maximum Gasteiger partial charge on any atom is 0.211 e. The summed E-state index contributed by atoms with van der Waals surface area (Å²) in [5, 5.41) is 5.74. The second-order valence-electron chi connectivity index (χ2n) is 9.66. The van der Waals surface area contributed by atoms with E-state index in [2.05, 4.69) is 34.7 Å². The summed E-state index contributed by atoms with van der Waals surface area (Å²) in [7, 11) is -3.30. The van der Waals surface area contributed by atoms with Gasteiger partial charge in [0.05, 0.1) is 25.2 Å². The number of rotatable bonds is 7. The van der Waals surface area contributed by atoms with Crippen molar-refractivity contribution in [2.45, 2.75) is 32.9 Å². The minimum Gasteiger partial charge on any atom is -0.379 e. The SMILES string of the molecule is Cc1ccccc1-c1cc(-c2nn(CCCN3CCOCC3)c3c2CN(S(C)(=O)=O)CC3)ccc1Cl. The van der Waals surface area contributed by atoms with E-state index < -0.39 is 10.0 Å². The first kappa shape index (κ1) is 25.4. The highest BCUT2D eigenvalue weighted by Crippen LogP contribution is 2.37. The Bertz CT molecular complexity index is 1350. The lowest BCUT2D eigenvalue weighted by atomic mass is 9.96. The number of sulfonamides is 1. The van der Waals surface area contributed by atoms with Crippen molar-refractivity contribution in [2.24, 2.45) is 0 Å². The molecule has 0 saturated carbocycles. The zero-order chi connectivity index (χ0) is 25.3. The third-order valence-corrected chi connectivity index (χ3v) is 8.77. The molecule has 0 N–H and O–H groups in total. The molecule has 3 aromatic rings. The van der Waals surface area contributed by atoms with Gasteiger partial charge in [-0.1, -0.05) is 41.9 Å². The second-order valence-corrected chi connectivity index (χ2v) is 12.1. The summed E-state index contributed by atoms with van der Waals surface area (Å²) in [6.45, 7) is 8.23. The van der Waals surface area contributed by atoms with Crippen LogP contribution < -0.4 is 0 Å². The van der Waals surface area contributed by atoms with E-state index in [0.29, 0.717) is 24.5 Å². The Balaban J connectivity index is 1.50. The minimum atomic E-state index is -3.30. The quantitative estimate of drug-likeness (QED) is 0.459. The molecule has 9 heteroatoms. The van der Waals surface area contributed by atoms with Gasteiger partial charge in [-0.3, -0.25) is 9.58 Å². The molecule has 2 aliphatic heterocycles. The van der Waals surface area contributed by atoms with Crippen LogP contribution in [-0.2, 0) is 34.3 Å². The van der Waals surface area contributed by atoms with Gasteiger partial charge in [0, 0.05) is 73.1 Å². The third-order valence-electron chi connectivity index (χ3n) is 7.19. The number of ether oxygens (including phenoxy) is 1. The summed E-state index contributed by atoms with van der Waals surface area (Å²) in [6.07, 6.45) is 2.92. The normalized spacial score (nSPS) is 17.3. The first-order valence-corrected chi connectivity index (χ1v) is 14.7. The molecule has 0 radical (unpaired) electrons. The van der Waals surface area contributed by atoms with E-state index in [1.165, 1.54) is 6.26 Å². The lowest BCUT2D eigenvalue weighted by Gasteiger charge is -2.27. The van der Waals surface area contributed by atoms with Gasteiger partial charge in [-0.15, -0.1) is 0 Å². The monoisotopic (exact) mass is 528 g/mol. The van der Waals surface area contributed by atoms with E-state index >= 15 is 0 Å². The maximum absolute atomic E-state index is 12.4. The van der Waals surface area contributed by atoms with Crippen LogP contribution in [0.2, 0.25) is 5.02 Å². The van der Waals surface area contributed by atoms with Gasteiger partial charge in [0.2, 0.25) is 10.0 Å². The Morgan fingerprint density at radius 1 is 1.03 bits per heavy atom. The molecule has 7 nitrogen and oxygen atoms in total. The number of fused-ring (bicyclic) bond motifs is 1. The second kappa shape index (κ2) is 10.6. The van der Waals surface area contributed by atoms with Crippen molar-refractivity contribution in [3.8, 4) is 22.4 Å². The Morgan fingerprint density at radius 3 is 2.56 bits per heavy atom. The summed E-state index contributed by atoms with van der Waals surface area (Å²) in [4.78, 5) is 2.43. The number of hydrogen-bond donors (Lipinski definition) is 0. The Labute approximate surface area is 218 Å². The Hall–Kier alpha value is -2.23. The average Bonchev–Trinajstić information content (AvgIpc) is 3.23. The summed E-state index contributed by atoms with van der Waals surface area (Å²) >= 11 is 6.64. The van der Waals surface area contributed by atoms with E-state index in [0.717, 1.165) is 85.0 Å². The molecule has 1 saturated heterocycles. The summed E-state index contributed by atoms with van der Waals surface area (Å²) < 4.78 is 33.9. The molecule has 0 bridgehead atoms. The van der Waals surface area contributed by atoms with Crippen molar-refractivity contribution >= 4 is 21.6 Å². The number of aromatic nitrogens is 2. The highest BCUT2D eigenvalue weighted by molar-refractivity contribution is 7.88. The third kappa shape index (κ3) is 5.38. The van der Waals surface area contributed by atoms with Crippen molar-refractivity contribution in [1.82, 2.24) is 19.0 Å². The summed E-state index contributed by atoms with van der Waals surface area (Å²) in [6, 6.07) is 14.2. The number of morpholine rings is 1. The van der Waals surface area contributed by atoms with E-state index in [-0.39, 0.29) is 0 Å². The van der Waals surface area contributed by atoms with Gasteiger partial charge in [0.25, 0.3) is 0 Å². The Morgan fingerprint density at radius 2 is 1.81 bits per heavy atom. The van der Waals surface area contributed by atoms with Crippen molar-refractivity contribution in [2.75, 3.05) is 45.6 Å². The van der Waals surface area contributed by atoms with E-state index in [1.807, 2.05) is 24.3 Å². The van der Waals surface area contributed by atoms with Crippen molar-refractivity contribution < 1.29 is 13.2 Å². The first-order chi connectivity index (χ1) is 17.3. The van der Waals surface area contributed by atoms with Crippen LogP contribution >= 0.6 is 11.6 Å². The van der Waals surface area contributed by atoms with Crippen molar-refractivity contribution in [1.29, 1.82) is 0 Å². The molecule has 0 atom stereocenters. The number of benzene rings is 2. The molecule has 0 unspecified atom stereocenters. The molecular formula is C27H33ClN4O3S. The van der Waals surface area contributed by atoms with Gasteiger partial charge >= 0.3 is 0 Å². The molecule has 5 rings (SSSR count). The summed E-state index contributed by atoms with van der Waals surface area (Å²) in [5.41, 5.74) is 7.12. The molecule has 0 aliphatic carbocycles. The molecule has 0 amide bonds. The zero-order valence-corrected chi connectivity index (χ0v) is 22.5. The van der Waals surface area contributed by atoms with E-state index in [4.69, 9.17) is 21.4 Å². The van der Waals surface area contributed by atoms with Crippen LogP contribution in [0.4, 0.5) is 0 Å². The van der Waals surface area contributed by atoms with Gasteiger partial charge in [-0.25, -0.2) is 8.42 Å². The largest absolute Gasteiger partial charge is 0.379 e. The van der Waals surface area contributed by atoms with Gasteiger partial charge < -0.3 is 4.74 Å². The molecule has 3 heterocycles. The minimum absolute atomic E-state index is 0.343. The fourth-order valence-electron chi connectivity index (χ4n) is 5.19. The topological polar surface area (TPSA) is 67.7 Å². The smallest absolute Gasteiger partial charge is 0.211 e. The molecule has 1 fully saturated rings. The maximum atomic E-state index is 12.4. The standard InChI is InChI=1S/C27H33ClN4O3S/c1-20-6-3-4-7-22(20)23-18-21(8-9-25(23)28)27-24-19-31(36(2,33)34)13-10-26(24)32(29-27)12-5-11-30-14-16-35-17-15-30/h3-4,6-9,18H,5,10-17,19H2,1-2H3. The molecule has 2 aromatic carbocycles. The molecule has 1 aromatic heterocycles. The molecule has 0 spiro atoms. The summed E-state index contributed by atoms with van der Waals surface area (Å²) in [5.74, 6) is 0. The molecular weight excluding hydrogens is 496 g/mol. The van der Waals surface area contributed by atoms with Gasteiger partial charge in [-0.05, 0) is 36.6 Å². The number of aryl methyl sites for hydroxylation is 2. The number of hydrogen-bond acceptors (Lipinski definition) is 5. The van der Waals surface area contributed by atoms with Gasteiger partial charge in [0.1, 0.15) is 0 Å². The zero-order valence-electron chi connectivity index (χ0n) is 20.9. The van der Waals surface area contributed by atoms with Crippen LogP contribution in [0.3, 0.4) is 0 Å². The predicted octanol–water partition coefficient (Wildman–Crippen LogP) is 4.22. The predicted molar refractivity (Wildman–Crippen MR) is 144 cm³/mol. The first-order valence-electron chi connectivity index (χ1n) is 12.5. The van der Waals surface area contributed by atoms with Gasteiger partial charge in [-0.2, -0.15) is 9.40 Å². The fraction of sp³-hybridized carbons (Fsp3) is 0.444. The van der Waals surface area contributed by atoms with Crippen LogP contribution in [-0.4, -0.2) is 73.1 Å². The van der Waals surface area contributed by atoms with Crippen LogP contribution in [0.25, 0.3) is 22.4 Å². The average molecular weight is 529 g/mol.